The van der Waals surface area contributed by atoms with Gasteiger partial charge in [-0.1, -0.05) is 6.07 Å². The average molecular weight is 271 g/mol. The molecule has 0 aromatic heterocycles. The highest BCUT2D eigenvalue weighted by molar-refractivity contribution is 9.10. The Hall–Kier alpha value is -1.23. The summed E-state index contributed by atoms with van der Waals surface area (Å²) in [5.74, 6) is 0.801. The molecule has 0 aliphatic carbocycles. The van der Waals surface area contributed by atoms with Gasteiger partial charge in [0.25, 0.3) is 6.02 Å². The Labute approximate surface area is 96.2 Å². The highest BCUT2D eigenvalue weighted by atomic mass is 79.9. The van der Waals surface area contributed by atoms with Crippen molar-refractivity contribution in [2.45, 2.75) is 6.04 Å². The number of hydrogen-bond donors (Lipinski definition) is 1. The molecule has 0 amide bonds. The highest BCUT2D eigenvalue weighted by Crippen LogP contribution is 2.30. The van der Waals surface area contributed by atoms with E-state index < -0.39 is 0 Å². The number of nitrogens with zero attached hydrogens (tertiary/aromatic N) is 1. The van der Waals surface area contributed by atoms with Crippen LogP contribution in [0.15, 0.2) is 27.7 Å². The number of benzene rings is 1. The van der Waals surface area contributed by atoms with Gasteiger partial charge in [-0.05, 0) is 33.6 Å². The van der Waals surface area contributed by atoms with Crippen LogP contribution in [0, 0.1) is 0 Å². The van der Waals surface area contributed by atoms with Gasteiger partial charge in [-0.2, -0.15) is 0 Å². The fourth-order valence-electron chi connectivity index (χ4n) is 1.45. The van der Waals surface area contributed by atoms with Gasteiger partial charge in [-0.3, -0.25) is 0 Å². The summed E-state index contributed by atoms with van der Waals surface area (Å²) in [6.07, 6.45) is 0. The predicted octanol–water partition coefficient (Wildman–Crippen LogP) is 1.84. The molecule has 1 aromatic carbocycles. The minimum atomic E-state index is -0.00722. The lowest BCUT2D eigenvalue weighted by atomic mass is 10.1. The summed E-state index contributed by atoms with van der Waals surface area (Å²) >= 11 is 3.42. The van der Waals surface area contributed by atoms with E-state index in [0.29, 0.717) is 6.61 Å². The van der Waals surface area contributed by atoms with Crippen LogP contribution in [0.25, 0.3) is 0 Å². The van der Waals surface area contributed by atoms with Gasteiger partial charge in [0.15, 0.2) is 0 Å². The summed E-state index contributed by atoms with van der Waals surface area (Å²) in [5, 5.41) is 0. The minimum Gasteiger partial charge on any atom is -0.496 e. The quantitative estimate of drug-likeness (QED) is 0.893. The monoisotopic (exact) mass is 270 g/mol. The molecular weight excluding hydrogens is 260 g/mol. The zero-order chi connectivity index (χ0) is 10.8. The molecule has 80 valence electrons. The standard InChI is InChI=1S/C10H11BrN2O2/c1-14-9-3-2-6(4-7(9)11)8-5-15-10(12)13-8/h2-4,8H,5H2,1H3,(H2,12,13). The van der Waals surface area contributed by atoms with Gasteiger partial charge in [0.05, 0.1) is 11.6 Å². The topological polar surface area (TPSA) is 56.8 Å². The van der Waals surface area contributed by atoms with Gasteiger partial charge >= 0.3 is 0 Å². The Balaban J connectivity index is 2.27. The molecule has 1 aromatic rings. The Morgan fingerprint density at radius 3 is 2.93 bits per heavy atom. The number of aliphatic imine (C=N–C) groups is 1. The first-order valence-electron chi connectivity index (χ1n) is 4.50. The SMILES string of the molecule is COc1ccc(C2COC(N)=N2)cc1Br. The molecule has 0 spiro atoms. The summed E-state index contributed by atoms with van der Waals surface area (Å²) in [7, 11) is 1.63. The van der Waals surface area contributed by atoms with Crippen molar-refractivity contribution < 1.29 is 9.47 Å². The van der Waals surface area contributed by atoms with Crippen LogP contribution in [-0.4, -0.2) is 19.7 Å². The van der Waals surface area contributed by atoms with E-state index >= 15 is 0 Å². The summed E-state index contributed by atoms with van der Waals surface area (Å²) in [6, 6.07) is 6.07. The fourth-order valence-corrected chi connectivity index (χ4v) is 2.01. The molecule has 1 atom stereocenters. The third-order valence-electron chi connectivity index (χ3n) is 2.23. The summed E-state index contributed by atoms with van der Waals surface area (Å²) in [4.78, 5) is 4.17. The van der Waals surface area contributed by atoms with Crippen LogP contribution >= 0.6 is 15.9 Å². The summed E-state index contributed by atoms with van der Waals surface area (Å²) in [5.41, 5.74) is 6.51. The molecule has 2 rings (SSSR count). The number of hydrogen-bond acceptors (Lipinski definition) is 4. The molecule has 5 heteroatoms. The van der Waals surface area contributed by atoms with Crippen LogP contribution < -0.4 is 10.5 Å². The molecule has 0 fully saturated rings. The van der Waals surface area contributed by atoms with Crippen molar-refractivity contribution in [2.75, 3.05) is 13.7 Å². The molecule has 1 heterocycles. The normalized spacial score (nSPS) is 19.6. The molecule has 4 nitrogen and oxygen atoms in total. The first-order chi connectivity index (χ1) is 7.20. The Morgan fingerprint density at radius 1 is 1.60 bits per heavy atom. The van der Waals surface area contributed by atoms with E-state index in [1.165, 1.54) is 0 Å². The second-order valence-electron chi connectivity index (χ2n) is 3.19. The molecule has 0 saturated carbocycles. The summed E-state index contributed by atoms with van der Waals surface area (Å²) in [6.45, 7) is 0.505. The van der Waals surface area contributed by atoms with Crippen molar-refractivity contribution in [2.24, 2.45) is 10.7 Å². The van der Waals surface area contributed by atoms with E-state index in [9.17, 15) is 0 Å². The van der Waals surface area contributed by atoms with E-state index in [1.807, 2.05) is 18.2 Å². The van der Waals surface area contributed by atoms with Gasteiger partial charge in [-0.25, -0.2) is 4.99 Å². The molecule has 0 radical (unpaired) electrons. The predicted molar refractivity (Wildman–Crippen MR) is 61.0 cm³/mol. The molecule has 0 saturated heterocycles. The first kappa shape index (κ1) is 10.3. The van der Waals surface area contributed by atoms with Crippen LogP contribution in [0.4, 0.5) is 0 Å². The molecular formula is C10H11BrN2O2. The molecule has 0 bridgehead atoms. The number of halogens is 1. The number of methoxy groups -OCH3 is 1. The molecule has 15 heavy (non-hydrogen) atoms. The van der Waals surface area contributed by atoms with E-state index in [4.69, 9.17) is 15.2 Å². The smallest absolute Gasteiger partial charge is 0.282 e. The van der Waals surface area contributed by atoms with E-state index in [0.717, 1.165) is 15.8 Å². The second kappa shape index (κ2) is 4.10. The third kappa shape index (κ3) is 2.07. The fraction of sp³-hybridized carbons (Fsp3) is 0.300. The van der Waals surface area contributed by atoms with Gasteiger partial charge in [0, 0.05) is 0 Å². The Kier molecular flexibility index (Phi) is 2.81. The second-order valence-corrected chi connectivity index (χ2v) is 4.04. The minimum absolute atomic E-state index is 0.00722. The van der Waals surface area contributed by atoms with E-state index in [2.05, 4.69) is 20.9 Å². The lowest BCUT2D eigenvalue weighted by Gasteiger charge is -2.08. The maximum absolute atomic E-state index is 5.45. The number of rotatable bonds is 2. The maximum Gasteiger partial charge on any atom is 0.282 e. The van der Waals surface area contributed by atoms with Crippen molar-refractivity contribution in [3.8, 4) is 5.75 Å². The largest absolute Gasteiger partial charge is 0.496 e. The molecule has 1 aliphatic heterocycles. The van der Waals surface area contributed by atoms with E-state index in [1.54, 1.807) is 7.11 Å². The lowest BCUT2D eigenvalue weighted by Crippen LogP contribution is -2.10. The number of amidine groups is 1. The van der Waals surface area contributed by atoms with Crippen LogP contribution in [0.5, 0.6) is 5.75 Å². The number of nitrogens with two attached hydrogens (primary N) is 1. The van der Waals surface area contributed by atoms with Crippen LogP contribution in [0.3, 0.4) is 0 Å². The van der Waals surface area contributed by atoms with Crippen molar-refractivity contribution in [3.63, 3.8) is 0 Å². The third-order valence-corrected chi connectivity index (χ3v) is 2.85. The summed E-state index contributed by atoms with van der Waals surface area (Å²) < 4.78 is 11.1. The molecule has 1 unspecified atom stereocenters. The first-order valence-corrected chi connectivity index (χ1v) is 5.29. The molecule has 2 N–H and O–H groups in total. The van der Waals surface area contributed by atoms with Gasteiger partial charge in [-0.15, -0.1) is 0 Å². The molecule has 1 aliphatic rings. The van der Waals surface area contributed by atoms with Gasteiger partial charge in [0.2, 0.25) is 0 Å². The van der Waals surface area contributed by atoms with Crippen molar-refractivity contribution in [1.82, 2.24) is 0 Å². The zero-order valence-corrected chi connectivity index (χ0v) is 9.82. The van der Waals surface area contributed by atoms with Crippen molar-refractivity contribution >= 4 is 22.0 Å². The maximum atomic E-state index is 5.45. The van der Waals surface area contributed by atoms with Crippen LogP contribution in [0.2, 0.25) is 0 Å². The zero-order valence-electron chi connectivity index (χ0n) is 8.24. The number of ether oxygens (including phenoxy) is 2. The van der Waals surface area contributed by atoms with Gasteiger partial charge < -0.3 is 15.2 Å². The lowest BCUT2D eigenvalue weighted by molar-refractivity contribution is 0.315. The average Bonchev–Trinajstić information content (AvgIpc) is 2.65. The van der Waals surface area contributed by atoms with Crippen LogP contribution in [-0.2, 0) is 4.74 Å². The highest BCUT2D eigenvalue weighted by Gasteiger charge is 2.19. The Bertz CT molecular complexity index is 406. The van der Waals surface area contributed by atoms with E-state index in [-0.39, 0.29) is 12.1 Å². The van der Waals surface area contributed by atoms with Crippen molar-refractivity contribution in [1.29, 1.82) is 0 Å². The Morgan fingerprint density at radius 2 is 2.40 bits per heavy atom. The van der Waals surface area contributed by atoms with Crippen molar-refractivity contribution in [3.05, 3.63) is 28.2 Å². The van der Waals surface area contributed by atoms with Gasteiger partial charge in [0.1, 0.15) is 18.4 Å². The van der Waals surface area contributed by atoms with Crippen LogP contribution in [0.1, 0.15) is 11.6 Å².